The zero-order valence-corrected chi connectivity index (χ0v) is 9.89. The molecule has 0 amide bonds. The van der Waals surface area contributed by atoms with Crippen LogP contribution in [0, 0.1) is 14.9 Å². The van der Waals surface area contributed by atoms with Crippen LogP contribution in [-0.2, 0) is 9.05 Å². The van der Waals surface area contributed by atoms with Crippen molar-refractivity contribution in [3.05, 3.63) is 27.3 Å². The van der Waals surface area contributed by atoms with Crippen molar-refractivity contribution in [3.8, 4) is 6.07 Å². The molecule has 0 radical (unpaired) electrons. The van der Waals surface area contributed by atoms with Crippen LogP contribution in [0.25, 0.3) is 0 Å². The van der Waals surface area contributed by atoms with E-state index in [9.17, 15) is 8.42 Å². The smallest absolute Gasteiger partial charge is 0.207 e. The first-order valence-corrected chi connectivity index (χ1v) is 6.48. The Hall–Kier alpha value is -0.320. The first-order chi connectivity index (χ1) is 5.95. The van der Waals surface area contributed by atoms with Crippen molar-refractivity contribution < 1.29 is 8.42 Å². The van der Waals surface area contributed by atoms with Gasteiger partial charge in [0.1, 0.15) is 6.07 Å². The van der Waals surface area contributed by atoms with E-state index in [1.54, 1.807) is 0 Å². The highest BCUT2D eigenvalue weighted by molar-refractivity contribution is 14.1. The van der Waals surface area contributed by atoms with Gasteiger partial charge in [-0.3, -0.25) is 0 Å². The number of nitriles is 1. The van der Waals surface area contributed by atoms with Crippen molar-refractivity contribution in [3.63, 3.8) is 0 Å². The summed E-state index contributed by atoms with van der Waals surface area (Å²) >= 11 is 1.94. The second-order valence-electron chi connectivity index (χ2n) is 2.19. The van der Waals surface area contributed by atoms with Crippen LogP contribution in [0.15, 0.2) is 23.1 Å². The molecule has 1 rings (SSSR count). The van der Waals surface area contributed by atoms with Gasteiger partial charge in [0.15, 0.2) is 0 Å². The van der Waals surface area contributed by atoms with Gasteiger partial charge in [0.25, 0.3) is 9.05 Å². The zero-order valence-electron chi connectivity index (χ0n) is 6.16. The quantitative estimate of drug-likeness (QED) is 0.586. The van der Waals surface area contributed by atoms with Gasteiger partial charge in [-0.2, -0.15) is 5.26 Å². The molecular weight excluding hydrogens is 325 g/mol. The van der Waals surface area contributed by atoms with Crippen LogP contribution in [0.2, 0.25) is 0 Å². The average Bonchev–Trinajstić information content (AvgIpc) is 2.03. The van der Waals surface area contributed by atoms with E-state index >= 15 is 0 Å². The molecule has 0 atom stereocenters. The standard InChI is InChI=1S/C7H3ClINO2S/c8-13(11,12)6-1-2-7(9)5(3-6)4-10/h1-3H. The third-order valence-electron chi connectivity index (χ3n) is 1.34. The summed E-state index contributed by atoms with van der Waals surface area (Å²) in [7, 11) is 1.37. The molecule has 1 aromatic carbocycles. The predicted molar refractivity (Wildman–Crippen MR) is 56.9 cm³/mol. The average molecular weight is 328 g/mol. The number of hydrogen-bond donors (Lipinski definition) is 0. The molecule has 0 aliphatic rings. The number of halogens is 2. The molecule has 0 fully saturated rings. The fourth-order valence-electron chi connectivity index (χ4n) is 0.742. The summed E-state index contributed by atoms with van der Waals surface area (Å²) in [5, 5.41) is 8.62. The van der Waals surface area contributed by atoms with E-state index in [-0.39, 0.29) is 4.90 Å². The molecular formula is C7H3ClINO2S. The second kappa shape index (κ2) is 3.82. The fraction of sp³-hybridized carbons (Fsp3) is 0. The molecule has 0 heterocycles. The monoisotopic (exact) mass is 327 g/mol. The Morgan fingerprint density at radius 2 is 2.08 bits per heavy atom. The molecule has 13 heavy (non-hydrogen) atoms. The van der Waals surface area contributed by atoms with E-state index in [0.29, 0.717) is 9.13 Å². The van der Waals surface area contributed by atoms with E-state index in [4.69, 9.17) is 15.9 Å². The summed E-state index contributed by atoms with van der Waals surface area (Å²) in [4.78, 5) is -0.0499. The molecule has 0 aromatic heterocycles. The van der Waals surface area contributed by atoms with Crippen LogP contribution in [0.3, 0.4) is 0 Å². The molecule has 6 heteroatoms. The molecule has 68 valence electrons. The van der Waals surface area contributed by atoms with Gasteiger partial charge in [0.2, 0.25) is 0 Å². The topological polar surface area (TPSA) is 57.9 Å². The van der Waals surface area contributed by atoms with E-state index in [1.807, 2.05) is 28.7 Å². The van der Waals surface area contributed by atoms with Crippen LogP contribution in [0.1, 0.15) is 5.56 Å². The van der Waals surface area contributed by atoms with Crippen LogP contribution in [0.4, 0.5) is 0 Å². The minimum Gasteiger partial charge on any atom is -0.207 e. The molecule has 0 bridgehead atoms. The predicted octanol–water partition coefficient (Wildman–Crippen LogP) is 2.09. The summed E-state index contributed by atoms with van der Waals surface area (Å²) in [6.07, 6.45) is 0. The van der Waals surface area contributed by atoms with Gasteiger partial charge >= 0.3 is 0 Å². The molecule has 0 saturated carbocycles. The maximum atomic E-state index is 10.9. The molecule has 0 N–H and O–H groups in total. The van der Waals surface area contributed by atoms with Gasteiger partial charge in [-0.1, -0.05) is 0 Å². The Kier molecular flexibility index (Phi) is 3.16. The summed E-state index contributed by atoms with van der Waals surface area (Å²) < 4.78 is 22.4. The van der Waals surface area contributed by atoms with Crippen LogP contribution in [0.5, 0.6) is 0 Å². The Morgan fingerprint density at radius 3 is 2.54 bits per heavy atom. The van der Waals surface area contributed by atoms with Gasteiger partial charge in [0, 0.05) is 14.3 Å². The Labute approximate surface area is 93.9 Å². The third-order valence-corrected chi connectivity index (χ3v) is 3.63. The summed E-state index contributed by atoms with van der Waals surface area (Å²) in [6.45, 7) is 0. The largest absolute Gasteiger partial charge is 0.261 e. The normalized spacial score (nSPS) is 10.8. The van der Waals surface area contributed by atoms with E-state index in [2.05, 4.69) is 0 Å². The first-order valence-electron chi connectivity index (χ1n) is 3.09. The molecule has 0 unspecified atom stereocenters. The van der Waals surface area contributed by atoms with Crippen molar-refractivity contribution in [2.45, 2.75) is 4.90 Å². The number of rotatable bonds is 1. The van der Waals surface area contributed by atoms with Gasteiger partial charge in [-0.15, -0.1) is 0 Å². The Balaban J connectivity index is 3.41. The lowest BCUT2D eigenvalue weighted by atomic mass is 10.2. The van der Waals surface area contributed by atoms with Gasteiger partial charge < -0.3 is 0 Å². The summed E-state index contributed by atoms with van der Waals surface area (Å²) in [5.74, 6) is 0. The lowest BCUT2D eigenvalue weighted by Crippen LogP contribution is -1.92. The molecule has 0 aliphatic heterocycles. The zero-order chi connectivity index (χ0) is 10.1. The maximum Gasteiger partial charge on any atom is 0.261 e. The Morgan fingerprint density at radius 1 is 1.46 bits per heavy atom. The van der Waals surface area contributed by atoms with E-state index in [1.165, 1.54) is 18.2 Å². The molecule has 0 aliphatic carbocycles. The van der Waals surface area contributed by atoms with Gasteiger partial charge in [0.05, 0.1) is 10.5 Å². The highest BCUT2D eigenvalue weighted by Crippen LogP contribution is 2.19. The molecule has 3 nitrogen and oxygen atoms in total. The fourth-order valence-corrected chi connectivity index (χ4v) is 1.97. The van der Waals surface area contributed by atoms with Crippen LogP contribution < -0.4 is 0 Å². The molecule has 1 aromatic rings. The highest BCUT2D eigenvalue weighted by atomic mass is 127. The highest BCUT2D eigenvalue weighted by Gasteiger charge is 2.11. The number of benzene rings is 1. The molecule has 0 saturated heterocycles. The maximum absolute atomic E-state index is 10.9. The second-order valence-corrected chi connectivity index (χ2v) is 5.92. The Bertz CT molecular complexity index is 478. The summed E-state index contributed by atoms with van der Waals surface area (Å²) in [6, 6.07) is 6.03. The SMILES string of the molecule is N#Cc1cc(S(=O)(=O)Cl)ccc1I. The number of hydrogen-bond acceptors (Lipinski definition) is 3. The molecule has 0 spiro atoms. The van der Waals surface area contributed by atoms with Crippen molar-refractivity contribution in [2.24, 2.45) is 0 Å². The van der Waals surface area contributed by atoms with Gasteiger partial charge in [-0.25, -0.2) is 8.42 Å². The van der Waals surface area contributed by atoms with E-state index < -0.39 is 9.05 Å². The minimum atomic E-state index is -3.73. The number of nitrogens with zero attached hydrogens (tertiary/aromatic N) is 1. The van der Waals surface area contributed by atoms with E-state index in [0.717, 1.165) is 0 Å². The van der Waals surface area contributed by atoms with Crippen LogP contribution in [-0.4, -0.2) is 8.42 Å². The van der Waals surface area contributed by atoms with Crippen molar-refractivity contribution in [1.82, 2.24) is 0 Å². The lowest BCUT2D eigenvalue weighted by molar-refractivity contribution is 0.609. The van der Waals surface area contributed by atoms with Crippen molar-refractivity contribution >= 4 is 42.3 Å². The van der Waals surface area contributed by atoms with Gasteiger partial charge in [-0.05, 0) is 40.8 Å². The third kappa shape index (κ3) is 2.56. The minimum absolute atomic E-state index is 0.0499. The van der Waals surface area contributed by atoms with Crippen molar-refractivity contribution in [2.75, 3.05) is 0 Å². The van der Waals surface area contributed by atoms with Crippen LogP contribution >= 0.6 is 33.3 Å². The van der Waals surface area contributed by atoms with Crippen molar-refractivity contribution in [1.29, 1.82) is 5.26 Å². The first kappa shape index (κ1) is 10.8. The summed E-state index contributed by atoms with van der Waals surface area (Å²) in [5.41, 5.74) is 0.308. The lowest BCUT2D eigenvalue weighted by Gasteiger charge is -1.97.